The van der Waals surface area contributed by atoms with Crippen LogP contribution in [-0.2, 0) is 9.47 Å². The number of hydrogen-bond donors (Lipinski definition) is 2. The van der Waals surface area contributed by atoms with E-state index in [-0.39, 0.29) is 12.0 Å². The maximum Gasteiger partial charge on any atom is 0.223 e. The molecule has 0 bridgehead atoms. The Balaban J connectivity index is 2.96. The van der Waals surface area contributed by atoms with Gasteiger partial charge in [0, 0.05) is 33.4 Å². The van der Waals surface area contributed by atoms with Gasteiger partial charge in [0.25, 0.3) is 0 Å². The van der Waals surface area contributed by atoms with Crippen molar-refractivity contribution in [3.8, 4) is 0 Å². The Morgan fingerprint density at radius 3 is 2.71 bits per heavy atom. The predicted molar refractivity (Wildman–Crippen MR) is 85.8 cm³/mol. The third-order valence-corrected chi connectivity index (χ3v) is 3.06. The zero-order valence-corrected chi connectivity index (χ0v) is 13.4. The molecule has 120 valence electrons. The first-order valence-corrected chi connectivity index (χ1v) is 7.25. The molecule has 1 rings (SSSR count). The van der Waals surface area contributed by atoms with Gasteiger partial charge in [0.05, 0.1) is 19.3 Å². The molecule has 3 N–H and O–H groups in total. The fourth-order valence-corrected chi connectivity index (χ4v) is 2.02. The van der Waals surface area contributed by atoms with Gasteiger partial charge in [-0.15, -0.1) is 0 Å². The molecule has 0 aliphatic rings. The fourth-order valence-electron chi connectivity index (χ4n) is 2.02. The average molecular weight is 297 g/mol. The van der Waals surface area contributed by atoms with E-state index in [1.165, 1.54) is 0 Å². The lowest BCUT2D eigenvalue weighted by Crippen LogP contribution is -2.39. The second-order valence-corrected chi connectivity index (χ2v) is 4.89. The summed E-state index contributed by atoms with van der Waals surface area (Å²) >= 11 is 0. The summed E-state index contributed by atoms with van der Waals surface area (Å²) in [6.07, 6.45) is 1.02. The first kappa shape index (κ1) is 17.5. The summed E-state index contributed by atoms with van der Waals surface area (Å²) in [5.74, 6) is 1.78. The van der Waals surface area contributed by atoms with Crippen LogP contribution in [0.15, 0.2) is 6.07 Å². The maximum absolute atomic E-state index is 5.82. The van der Waals surface area contributed by atoms with E-state index >= 15 is 0 Å². The normalized spacial score (nSPS) is 12.2. The number of ether oxygens (including phenoxy) is 2. The van der Waals surface area contributed by atoms with Crippen LogP contribution in [0.3, 0.4) is 0 Å². The zero-order valence-electron chi connectivity index (χ0n) is 13.4. The second-order valence-electron chi connectivity index (χ2n) is 4.89. The van der Waals surface area contributed by atoms with Crippen LogP contribution in [0.1, 0.15) is 20.3 Å². The number of methoxy groups -OCH3 is 2. The van der Waals surface area contributed by atoms with Crippen LogP contribution in [-0.4, -0.2) is 56.5 Å². The second kappa shape index (κ2) is 9.36. The molecule has 1 unspecified atom stereocenters. The van der Waals surface area contributed by atoms with Crippen molar-refractivity contribution in [2.45, 2.75) is 26.3 Å². The number of anilines is 3. The van der Waals surface area contributed by atoms with Gasteiger partial charge in [-0.3, -0.25) is 0 Å². The summed E-state index contributed by atoms with van der Waals surface area (Å²) in [6, 6.07) is 2.08. The van der Waals surface area contributed by atoms with Gasteiger partial charge in [-0.25, -0.2) is 0 Å². The van der Waals surface area contributed by atoms with Crippen LogP contribution in [0.2, 0.25) is 0 Å². The van der Waals surface area contributed by atoms with E-state index in [1.807, 2.05) is 6.07 Å². The Bertz CT molecular complexity index is 416. The monoisotopic (exact) mass is 297 g/mol. The van der Waals surface area contributed by atoms with Gasteiger partial charge >= 0.3 is 0 Å². The van der Waals surface area contributed by atoms with E-state index in [4.69, 9.17) is 15.2 Å². The first-order valence-electron chi connectivity index (χ1n) is 7.25. The van der Waals surface area contributed by atoms with Gasteiger partial charge in [0.2, 0.25) is 5.95 Å². The van der Waals surface area contributed by atoms with Gasteiger partial charge in [-0.05, 0) is 13.3 Å². The third kappa shape index (κ3) is 5.73. The summed E-state index contributed by atoms with van der Waals surface area (Å²) in [7, 11) is 3.37. The third-order valence-electron chi connectivity index (χ3n) is 3.06. The fraction of sp³-hybridized carbons (Fsp3) is 0.714. The molecular weight excluding hydrogens is 270 g/mol. The van der Waals surface area contributed by atoms with Crippen LogP contribution in [0, 0.1) is 0 Å². The molecule has 1 aromatic heterocycles. The van der Waals surface area contributed by atoms with E-state index in [0.29, 0.717) is 19.8 Å². The van der Waals surface area contributed by atoms with E-state index in [2.05, 4.69) is 34.0 Å². The van der Waals surface area contributed by atoms with Crippen molar-refractivity contribution in [3.63, 3.8) is 0 Å². The molecule has 0 radical (unpaired) electrons. The van der Waals surface area contributed by atoms with Crippen LogP contribution in [0.5, 0.6) is 0 Å². The van der Waals surface area contributed by atoms with Crippen LogP contribution in [0.25, 0.3) is 0 Å². The largest absolute Gasteiger partial charge is 0.383 e. The highest BCUT2D eigenvalue weighted by Gasteiger charge is 2.17. The molecule has 1 aromatic rings. The maximum atomic E-state index is 5.82. The van der Waals surface area contributed by atoms with Crippen molar-refractivity contribution in [3.05, 3.63) is 6.07 Å². The van der Waals surface area contributed by atoms with Crippen molar-refractivity contribution in [1.29, 1.82) is 0 Å². The van der Waals surface area contributed by atoms with Crippen molar-refractivity contribution < 1.29 is 9.47 Å². The van der Waals surface area contributed by atoms with Gasteiger partial charge in [0.1, 0.15) is 11.6 Å². The summed E-state index contributed by atoms with van der Waals surface area (Å²) in [6.45, 7) is 6.95. The lowest BCUT2D eigenvalue weighted by atomic mass is 10.3. The lowest BCUT2D eigenvalue weighted by molar-refractivity contribution is 0.170. The van der Waals surface area contributed by atoms with Crippen LogP contribution in [0.4, 0.5) is 17.6 Å². The zero-order chi connectivity index (χ0) is 15.7. The van der Waals surface area contributed by atoms with Crippen molar-refractivity contribution in [2.24, 2.45) is 0 Å². The molecular formula is C14H27N5O2. The molecule has 21 heavy (non-hydrogen) atoms. The molecule has 0 aliphatic carbocycles. The predicted octanol–water partition coefficient (Wildman–Crippen LogP) is 1.37. The summed E-state index contributed by atoms with van der Waals surface area (Å²) in [5.41, 5.74) is 5.82. The molecule has 0 spiro atoms. The number of rotatable bonds is 10. The Labute approximate surface area is 126 Å². The number of nitrogens with one attached hydrogen (secondary N) is 1. The molecule has 0 aromatic carbocycles. The van der Waals surface area contributed by atoms with E-state index in [0.717, 1.165) is 24.6 Å². The van der Waals surface area contributed by atoms with Crippen LogP contribution >= 0.6 is 0 Å². The molecule has 1 atom stereocenters. The number of hydrogen-bond acceptors (Lipinski definition) is 7. The van der Waals surface area contributed by atoms with Gasteiger partial charge in [-0.1, -0.05) is 6.92 Å². The van der Waals surface area contributed by atoms with Gasteiger partial charge in [-0.2, -0.15) is 9.97 Å². The molecule has 7 nitrogen and oxygen atoms in total. The SMILES string of the molecule is CCCNc1cc(N(CCOC)C(C)COC)nc(N)n1. The first-order chi connectivity index (χ1) is 10.1. The minimum atomic E-state index is 0.165. The number of nitrogens with two attached hydrogens (primary N) is 1. The minimum absolute atomic E-state index is 0.165. The highest BCUT2D eigenvalue weighted by molar-refractivity contribution is 5.53. The summed E-state index contributed by atoms with van der Waals surface area (Å²) < 4.78 is 10.4. The molecule has 1 heterocycles. The lowest BCUT2D eigenvalue weighted by Gasteiger charge is -2.30. The van der Waals surface area contributed by atoms with E-state index in [9.17, 15) is 0 Å². The topological polar surface area (TPSA) is 85.5 Å². The van der Waals surface area contributed by atoms with Crippen molar-refractivity contribution in [1.82, 2.24) is 9.97 Å². The Kier molecular flexibility index (Phi) is 7.78. The Morgan fingerprint density at radius 1 is 1.33 bits per heavy atom. The quantitative estimate of drug-likeness (QED) is 0.674. The number of nitrogen functional groups attached to an aromatic ring is 1. The Hall–Kier alpha value is -1.60. The molecule has 0 fully saturated rings. The standard InChI is InChI=1S/C14H27N5O2/c1-5-6-16-12-9-13(18-14(15)17-12)19(7-8-20-3)11(2)10-21-4/h9,11H,5-8,10H2,1-4H3,(H3,15,16,17,18). The van der Waals surface area contributed by atoms with Crippen molar-refractivity contribution in [2.75, 3.05) is 56.5 Å². The molecule has 0 saturated heterocycles. The van der Waals surface area contributed by atoms with E-state index in [1.54, 1.807) is 14.2 Å². The average Bonchev–Trinajstić information content (AvgIpc) is 2.45. The molecule has 0 aliphatic heterocycles. The molecule has 0 amide bonds. The highest BCUT2D eigenvalue weighted by atomic mass is 16.5. The number of aromatic nitrogens is 2. The van der Waals surface area contributed by atoms with Gasteiger partial charge in [0.15, 0.2) is 0 Å². The summed E-state index contributed by atoms with van der Waals surface area (Å²) in [5, 5.41) is 3.24. The minimum Gasteiger partial charge on any atom is -0.383 e. The Morgan fingerprint density at radius 2 is 2.10 bits per heavy atom. The van der Waals surface area contributed by atoms with Crippen LogP contribution < -0.4 is 16.0 Å². The molecule has 7 heteroatoms. The van der Waals surface area contributed by atoms with E-state index < -0.39 is 0 Å². The van der Waals surface area contributed by atoms with Gasteiger partial charge < -0.3 is 25.4 Å². The smallest absolute Gasteiger partial charge is 0.223 e. The summed E-state index contributed by atoms with van der Waals surface area (Å²) in [4.78, 5) is 10.7. The van der Waals surface area contributed by atoms with Crippen molar-refractivity contribution >= 4 is 17.6 Å². The number of nitrogens with zero attached hydrogens (tertiary/aromatic N) is 3. The highest BCUT2D eigenvalue weighted by Crippen LogP contribution is 2.19. The molecule has 0 saturated carbocycles.